The van der Waals surface area contributed by atoms with E-state index >= 15 is 0 Å². The number of benzene rings is 1. The van der Waals surface area contributed by atoms with Gasteiger partial charge in [0, 0.05) is 0 Å². The number of aryl methyl sites for hydroxylation is 2. The quantitative estimate of drug-likeness (QED) is 0.745. The molecule has 0 bridgehead atoms. The Kier molecular flexibility index (Phi) is 5.08. The Morgan fingerprint density at radius 1 is 1.38 bits per heavy atom. The van der Waals surface area contributed by atoms with E-state index in [9.17, 15) is 0 Å². The van der Waals surface area contributed by atoms with Crippen LogP contribution in [0.2, 0.25) is 0 Å². The summed E-state index contributed by atoms with van der Waals surface area (Å²) in [6, 6.07) is 6.69. The van der Waals surface area contributed by atoms with Crippen LogP contribution in [0.25, 0.3) is 0 Å². The summed E-state index contributed by atoms with van der Waals surface area (Å²) in [5, 5.41) is 3.38. The Balaban J connectivity index is 2.70. The van der Waals surface area contributed by atoms with Gasteiger partial charge >= 0.3 is 0 Å². The summed E-state index contributed by atoms with van der Waals surface area (Å²) >= 11 is 0. The summed E-state index contributed by atoms with van der Waals surface area (Å²) in [7, 11) is 0. The monoisotopic (exact) mass is 215 g/mol. The van der Waals surface area contributed by atoms with Crippen molar-refractivity contribution in [1.29, 1.82) is 0 Å². The van der Waals surface area contributed by atoms with Crippen LogP contribution in [0.4, 0.5) is 0 Å². The zero-order chi connectivity index (χ0) is 12.0. The molecular weight excluding hydrogens is 194 g/mol. The van der Waals surface area contributed by atoms with Gasteiger partial charge in [0.2, 0.25) is 0 Å². The summed E-state index contributed by atoms with van der Waals surface area (Å²) in [6.07, 6.45) is 7.57. The summed E-state index contributed by atoms with van der Waals surface area (Å²) in [6.45, 7) is 7.40. The molecule has 16 heavy (non-hydrogen) atoms. The van der Waals surface area contributed by atoms with Gasteiger partial charge in [-0.25, -0.2) is 0 Å². The minimum atomic E-state index is 0.153. The molecule has 0 aliphatic rings. The third kappa shape index (κ3) is 3.72. The van der Waals surface area contributed by atoms with Crippen molar-refractivity contribution in [3.8, 4) is 12.3 Å². The molecule has 0 radical (unpaired) electrons. The first kappa shape index (κ1) is 12.8. The van der Waals surface area contributed by atoms with E-state index in [1.807, 2.05) is 0 Å². The summed E-state index contributed by atoms with van der Waals surface area (Å²) in [5.41, 5.74) is 3.97. The zero-order valence-electron chi connectivity index (χ0n) is 10.5. The van der Waals surface area contributed by atoms with Crippen LogP contribution >= 0.6 is 0 Å². The van der Waals surface area contributed by atoms with E-state index in [1.54, 1.807) is 0 Å². The Hall–Kier alpha value is -1.26. The van der Waals surface area contributed by atoms with E-state index in [4.69, 9.17) is 6.42 Å². The fraction of sp³-hybridized carbons (Fsp3) is 0.467. The normalized spacial score (nSPS) is 12.1. The maximum atomic E-state index is 5.54. The molecule has 0 fully saturated rings. The molecule has 1 unspecified atom stereocenters. The highest BCUT2D eigenvalue weighted by molar-refractivity contribution is 5.32. The molecule has 0 aromatic heterocycles. The molecule has 1 atom stereocenters. The fourth-order valence-electron chi connectivity index (χ4n) is 1.75. The van der Waals surface area contributed by atoms with Crippen molar-refractivity contribution in [2.45, 2.75) is 39.7 Å². The molecule has 0 spiro atoms. The van der Waals surface area contributed by atoms with E-state index < -0.39 is 0 Å². The SMILES string of the molecule is C#CC(Cc1cc(C)ccc1C)NCCC. The van der Waals surface area contributed by atoms with Crippen molar-refractivity contribution in [1.82, 2.24) is 5.32 Å². The minimum absolute atomic E-state index is 0.153. The fourth-order valence-corrected chi connectivity index (χ4v) is 1.75. The van der Waals surface area contributed by atoms with E-state index in [1.165, 1.54) is 16.7 Å². The molecule has 0 saturated carbocycles. The number of nitrogens with one attached hydrogen (secondary N) is 1. The highest BCUT2D eigenvalue weighted by Gasteiger charge is 2.07. The average Bonchev–Trinajstić information content (AvgIpc) is 2.28. The van der Waals surface area contributed by atoms with Crippen LogP contribution in [0.3, 0.4) is 0 Å². The Morgan fingerprint density at radius 3 is 2.75 bits per heavy atom. The third-order valence-electron chi connectivity index (χ3n) is 2.77. The molecule has 1 nitrogen and oxygen atoms in total. The van der Waals surface area contributed by atoms with Crippen molar-refractivity contribution >= 4 is 0 Å². The Morgan fingerprint density at radius 2 is 2.12 bits per heavy atom. The van der Waals surface area contributed by atoms with Gasteiger partial charge in [-0.1, -0.05) is 36.6 Å². The van der Waals surface area contributed by atoms with Crippen LogP contribution in [-0.4, -0.2) is 12.6 Å². The standard InChI is InChI=1S/C15H21N/c1-5-9-16-15(6-2)11-14-10-12(3)7-8-13(14)4/h2,7-8,10,15-16H,5,9,11H2,1,3-4H3. The van der Waals surface area contributed by atoms with Crippen molar-refractivity contribution in [2.75, 3.05) is 6.54 Å². The largest absolute Gasteiger partial charge is 0.303 e. The predicted octanol–water partition coefficient (Wildman–Crippen LogP) is 2.85. The molecular formula is C15H21N. The van der Waals surface area contributed by atoms with Crippen LogP contribution in [-0.2, 0) is 6.42 Å². The van der Waals surface area contributed by atoms with Crippen molar-refractivity contribution in [3.05, 3.63) is 34.9 Å². The van der Waals surface area contributed by atoms with Gasteiger partial charge in [-0.2, -0.15) is 0 Å². The number of terminal acetylenes is 1. The molecule has 0 heterocycles. The molecule has 1 aromatic carbocycles. The van der Waals surface area contributed by atoms with Crippen molar-refractivity contribution in [3.63, 3.8) is 0 Å². The lowest BCUT2D eigenvalue weighted by molar-refractivity contribution is 0.597. The summed E-state index contributed by atoms with van der Waals surface area (Å²) in [5.74, 6) is 2.82. The Bertz CT molecular complexity index is 374. The van der Waals surface area contributed by atoms with E-state index in [0.717, 1.165) is 19.4 Å². The van der Waals surface area contributed by atoms with Gasteiger partial charge in [0.1, 0.15) is 0 Å². The molecule has 0 amide bonds. The molecule has 1 aromatic rings. The molecule has 1 heteroatoms. The van der Waals surface area contributed by atoms with Crippen molar-refractivity contribution in [2.24, 2.45) is 0 Å². The summed E-state index contributed by atoms with van der Waals surface area (Å²) in [4.78, 5) is 0. The average molecular weight is 215 g/mol. The number of rotatable bonds is 5. The van der Waals surface area contributed by atoms with Gasteiger partial charge in [-0.15, -0.1) is 6.42 Å². The van der Waals surface area contributed by atoms with E-state index in [-0.39, 0.29) is 6.04 Å². The highest BCUT2D eigenvalue weighted by Crippen LogP contribution is 2.12. The van der Waals surface area contributed by atoms with Crippen LogP contribution in [0, 0.1) is 26.2 Å². The smallest absolute Gasteiger partial charge is 0.0727 e. The van der Waals surface area contributed by atoms with Crippen LogP contribution in [0.1, 0.15) is 30.0 Å². The van der Waals surface area contributed by atoms with Gasteiger partial charge in [0.05, 0.1) is 6.04 Å². The molecule has 86 valence electrons. The van der Waals surface area contributed by atoms with Crippen LogP contribution in [0.5, 0.6) is 0 Å². The van der Waals surface area contributed by atoms with E-state index in [0.29, 0.717) is 0 Å². The second-order valence-electron chi connectivity index (χ2n) is 4.31. The molecule has 1 N–H and O–H groups in total. The lowest BCUT2D eigenvalue weighted by Gasteiger charge is -2.14. The first-order valence-corrected chi connectivity index (χ1v) is 5.93. The number of hydrogen-bond donors (Lipinski definition) is 1. The van der Waals surface area contributed by atoms with Crippen molar-refractivity contribution < 1.29 is 0 Å². The molecule has 0 aliphatic heterocycles. The summed E-state index contributed by atoms with van der Waals surface area (Å²) < 4.78 is 0. The molecule has 0 saturated heterocycles. The lowest BCUT2D eigenvalue weighted by atomic mass is 9.99. The van der Waals surface area contributed by atoms with Gasteiger partial charge < -0.3 is 5.32 Å². The highest BCUT2D eigenvalue weighted by atomic mass is 14.9. The topological polar surface area (TPSA) is 12.0 Å². The predicted molar refractivity (Wildman–Crippen MR) is 70.5 cm³/mol. The van der Waals surface area contributed by atoms with Gasteiger partial charge in [0.25, 0.3) is 0 Å². The minimum Gasteiger partial charge on any atom is -0.303 e. The van der Waals surface area contributed by atoms with Crippen LogP contribution < -0.4 is 5.32 Å². The van der Waals surface area contributed by atoms with Crippen LogP contribution in [0.15, 0.2) is 18.2 Å². The van der Waals surface area contributed by atoms with Gasteiger partial charge in [-0.3, -0.25) is 0 Å². The second-order valence-corrected chi connectivity index (χ2v) is 4.31. The first-order valence-electron chi connectivity index (χ1n) is 5.93. The maximum Gasteiger partial charge on any atom is 0.0727 e. The Labute approximate surface area is 99.3 Å². The number of hydrogen-bond acceptors (Lipinski definition) is 1. The zero-order valence-corrected chi connectivity index (χ0v) is 10.5. The van der Waals surface area contributed by atoms with E-state index in [2.05, 4.69) is 50.2 Å². The lowest BCUT2D eigenvalue weighted by Crippen LogP contribution is -2.30. The first-order chi connectivity index (χ1) is 7.67. The maximum absolute atomic E-state index is 5.54. The van der Waals surface area contributed by atoms with Gasteiger partial charge in [-0.05, 0) is 44.4 Å². The third-order valence-corrected chi connectivity index (χ3v) is 2.77. The second kappa shape index (κ2) is 6.35. The van der Waals surface area contributed by atoms with Gasteiger partial charge in [0.15, 0.2) is 0 Å². The molecule has 1 rings (SSSR count). The molecule has 0 aliphatic carbocycles.